The third-order valence-corrected chi connectivity index (χ3v) is 5.76. The van der Waals surface area contributed by atoms with Crippen LogP contribution >= 0.6 is 7.60 Å². The largest absolute Gasteiger partial charge is 0.395 e. The predicted octanol–water partition coefficient (Wildman–Crippen LogP) is 6.12. The van der Waals surface area contributed by atoms with Crippen molar-refractivity contribution in [2.75, 3.05) is 6.61 Å². The average Bonchev–Trinajstić information content (AvgIpc) is 2.56. The Hall–Kier alpha value is -0.150. The zero-order valence-electron chi connectivity index (χ0n) is 16.2. The molecule has 0 saturated heterocycles. The van der Waals surface area contributed by atoms with Gasteiger partial charge in [0.2, 0.25) is 0 Å². The highest BCUT2D eigenvalue weighted by Crippen LogP contribution is 2.49. The Kier molecular flexibility index (Phi) is 17.2. The lowest BCUT2D eigenvalue weighted by Gasteiger charge is -2.14. The molecule has 0 aliphatic heterocycles. The third kappa shape index (κ3) is 17.0. The summed E-state index contributed by atoms with van der Waals surface area (Å²) in [4.78, 5) is 18.0. The van der Waals surface area contributed by atoms with Crippen molar-refractivity contribution in [1.82, 2.24) is 0 Å². The molecule has 0 atom stereocenters. The highest BCUT2D eigenvalue weighted by atomic mass is 31.2. The minimum absolute atomic E-state index is 0.0250. The number of hydrogen-bond donors (Lipinski definition) is 3. The van der Waals surface area contributed by atoms with Crippen molar-refractivity contribution in [3.8, 4) is 0 Å². The van der Waals surface area contributed by atoms with E-state index >= 15 is 0 Å². The van der Waals surface area contributed by atoms with Gasteiger partial charge in [-0.1, -0.05) is 83.3 Å². The summed E-state index contributed by atoms with van der Waals surface area (Å²) in [5.41, 5.74) is -0.0250. The lowest BCUT2D eigenvalue weighted by Crippen LogP contribution is -2.04. The van der Waals surface area contributed by atoms with Crippen LogP contribution in [-0.2, 0) is 4.57 Å². The van der Waals surface area contributed by atoms with E-state index in [0.29, 0.717) is 6.42 Å². The van der Waals surface area contributed by atoms with E-state index in [1.165, 1.54) is 64.2 Å². The van der Waals surface area contributed by atoms with Gasteiger partial charge in [-0.05, 0) is 32.1 Å². The number of aliphatic hydroxyl groups is 1. The molecule has 0 aliphatic rings. The van der Waals surface area contributed by atoms with E-state index < -0.39 is 14.2 Å². The van der Waals surface area contributed by atoms with Gasteiger partial charge in [0.05, 0.1) is 6.61 Å². The molecule has 5 heteroatoms. The van der Waals surface area contributed by atoms with Crippen LogP contribution in [0, 0.1) is 5.66 Å². The molecular weight excluding hydrogens is 335 g/mol. The SMILES string of the molecule is CCCCCCCC/C=C\CCCCCCCC[C](CO)P(=O)(O)O. The Morgan fingerprint density at radius 1 is 0.760 bits per heavy atom. The second-order valence-corrected chi connectivity index (χ2v) is 8.68. The van der Waals surface area contributed by atoms with Crippen molar-refractivity contribution in [3.05, 3.63) is 17.8 Å². The topological polar surface area (TPSA) is 77.8 Å². The second kappa shape index (κ2) is 17.3. The molecule has 0 aromatic carbocycles. The fraction of sp³-hybridized carbons (Fsp3) is 0.850. The molecule has 3 N–H and O–H groups in total. The van der Waals surface area contributed by atoms with Crippen LogP contribution < -0.4 is 0 Å². The van der Waals surface area contributed by atoms with E-state index in [2.05, 4.69) is 19.1 Å². The van der Waals surface area contributed by atoms with Crippen molar-refractivity contribution in [2.24, 2.45) is 0 Å². The van der Waals surface area contributed by atoms with Crippen LogP contribution in [0.5, 0.6) is 0 Å². The van der Waals surface area contributed by atoms with Crippen LogP contribution in [0.3, 0.4) is 0 Å². The summed E-state index contributed by atoms with van der Waals surface area (Å²) >= 11 is 0. The van der Waals surface area contributed by atoms with E-state index in [1.54, 1.807) is 0 Å². The van der Waals surface area contributed by atoms with Gasteiger partial charge >= 0.3 is 7.60 Å². The zero-order chi connectivity index (χ0) is 18.8. The van der Waals surface area contributed by atoms with Gasteiger partial charge < -0.3 is 14.9 Å². The fourth-order valence-electron chi connectivity index (χ4n) is 2.89. The molecule has 4 nitrogen and oxygen atoms in total. The molecule has 0 bridgehead atoms. The number of hydrogen-bond acceptors (Lipinski definition) is 2. The number of rotatable bonds is 18. The summed E-state index contributed by atoms with van der Waals surface area (Å²) in [6, 6.07) is 0. The first-order valence-electron chi connectivity index (χ1n) is 10.2. The van der Waals surface area contributed by atoms with Crippen LogP contribution in [0.4, 0.5) is 0 Å². The molecule has 0 unspecified atom stereocenters. The van der Waals surface area contributed by atoms with Crippen molar-refractivity contribution in [3.63, 3.8) is 0 Å². The van der Waals surface area contributed by atoms with Crippen molar-refractivity contribution < 1.29 is 19.5 Å². The van der Waals surface area contributed by atoms with Gasteiger partial charge in [-0.3, -0.25) is 4.57 Å². The molecular formula is C20H40O4P. The summed E-state index contributed by atoms with van der Waals surface area (Å²) in [7, 11) is -4.21. The Morgan fingerprint density at radius 2 is 1.20 bits per heavy atom. The van der Waals surface area contributed by atoms with Gasteiger partial charge in [-0.15, -0.1) is 0 Å². The molecule has 0 aromatic rings. The van der Waals surface area contributed by atoms with Gasteiger partial charge in [-0.25, -0.2) is 0 Å². The number of unbranched alkanes of at least 4 members (excludes halogenated alkanes) is 12. The minimum Gasteiger partial charge on any atom is -0.395 e. The molecule has 25 heavy (non-hydrogen) atoms. The highest BCUT2D eigenvalue weighted by molar-refractivity contribution is 7.55. The van der Waals surface area contributed by atoms with Gasteiger partial charge in [0.15, 0.2) is 0 Å². The Morgan fingerprint density at radius 3 is 1.64 bits per heavy atom. The van der Waals surface area contributed by atoms with Crippen LogP contribution in [0.2, 0.25) is 0 Å². The lowest BCUT2D eigenvalue weighted by atomic mass is 10.1. The molecule has 0 amide bonds. The van der Waals surface area contributed by atoms with Crippen LogP contribution in [0.1, 0.15) is 103 Å². The minimum atomic E-state index is -4.21. The van der Waals surface area contributed by atoms with E-state index in [1.807, 2.05) is 0 Å². The van der Waals surface area contributed by atoms with Crippen LogP contribution in [0.25, 0.3) is 0 Å². The Balaban J connectivity index is 3.31. The van der Waals surface area contributed by atoms with Gasteiger partial charge in [0.25, 0.3) is 0 Å². The molecule has 0 fully saturated rings. The summed E-state index contributed by atoms with van der Waals surface area (Å²) in [5, 5.41) is 8.95. The second-order valence-electron chi connectivity index (χ2n) is 6.96. The van der Waals surface area contributed by atoms with Gasteiger partial charge in [0.1, 0.15) is 5.66 Å². The summed E-state index contributed by atoms with van der Waals surface area (Å²) in [6.45, 7) is 1.75. The molecule has 0 rings (SSSR count). The maximum Gasteiger partial charge on any atom is 0.335 e. The molecule has 0 spiro atoms. The predicted molar refractivity (Wildman–Crippen MR) is 106 cm³/mol. The van der Waals surface area contributed by atoms with Crippen molar-refractivity contribution >= 4 is 7.60 Å². The van der Waals surface area contributed by atoms with Crippen molar-refractivity contribution in [2.45, 2.75) is 103 Å². The van der Waals surface area contributed by atoms with Crippen molar-refractivity contribution in [1.29, 1.82) is 0 Å². The van der Waals surface area contributed by atoms with E-state index in [9.17, 15) is 4.57 Å². The quantitative estimate of drug-likeness (QED) is 0.153. The van der Waals surface area contributed by atoms with E-state index in [0.717, 1.165) is 25.7 Å². The van der Waals surface area contributed by atoms with Gasteiger partial charge in [0, 0.05) is 0 Å². The Labute approximate surface area is 155 Å². The van der Waals surface area contributed by atoms with Crippen LogP contribution in [-0.4, -0.2) is 21.5 Å². The first-order valence-corrected chi connectivity index (χ1v) is 11.8. The fourth-order valence-corrected chi connectivity index (χ4v) is 3.53. The summed E-state index contributed by atoms with van der Waals surface area (Å²) < 4.78 is 11.0. The van der Waals surface area contributed by atoms with E-state index in [-0.39, 0.29) is 5.66 Å². The first-order chi connectivity index (χ1) is 12.0. The summed E-state index contributed by atoms with van der Waals surface area (Å²) in [6.07, 6.45) is 21.9. The molecule has 149 valence electrons. The van der Waals surface area contributed by atoms with Gasteiger partial charge in [-0.2, -0.15) is 0 Å². The standard InChI is InChI=1S/C20H40O4P/c1-2-3-4-5-6-7-8-9-10-11-12-13-14-15-16-17-18-20(19-21)25(22,23)24/h9-10,21H,2-8,11-19H2,1H3,(H2,22,23,24)/b10-9-. The van der Waals surface area contributed by atoms with E-state index in [4.69, 9.17) is 14.9 Å². The molecule has 1 radical (unpaired) electrons. The molecule has 0 aliphatic carbocycles. The average molecular weight is 376 g/mol. The maximum absolute atomic E-state index is 11.0. The lowest BCUT2D eigenvalue weighted by molar-refractivity contribution is 0.292. The third-order valence-electron chi connectivity index (χ3n) is 4.57. The monoisotopic (exact) mass is 375 g/mol. The molecule has 0 heterocycles. The molecule has 0 aromatic heterocycles. The highest BCUT2D eigenvalue weighted by Gasteiger charge is 2.28. The normalized spacial score (nSPS) is 12.5. The first kappa shape index (κ1) is 24.8. The Bertz CT molecular complexity index is 352. The molecule has 0 saturated carbocycles. The number of aliphatic hydroxyl groups excluding tert-OH is 1. The smallest absolute Gasteiger partial charge is 0.335 e. The van der Waals surface area contributed by atoms with Crippen LogP contribution in [0.15, 0.2) is 12.2 Å². The number of allylic oxidation sites excluding steroid dienone is 2. The maximum atomic E-state index is 11.0. The zero-order valence-corrected chi connectivity index (χ0v) is 17.1. The summed E-state index contributed by atoms with van der Waals surface area (Å²) in [5.74, 6) is 0.